The number of aliphatic hydroxyl groups is 1. The van der Waals surface area contributed by atoms with Gasteiger partial charge >= 0.3 is 0 Å². The van der Waals surface area contributed by atoms with E-state index in [1.807, 2.05) is 6.07 Å². The second-order valence-corrected chi connectivity index (χ2v) is 4.41. The Hall–Kier alpha value is -0.800. The SMILES string of the molecule is OC1CCC(Nc2ccc(Cl)nc2)CC1. The summed E-state index contributed by atoms with van der Waals surface area (Å²) >= 11 is 5.70. The zero-order valence-corrected chi connectivity index (χ0v) is 9.24. The Morgan fingerprint density at radius 1 is 1.27 bits per heavy atom. The number of pyridine rings is 1. The maximum absolute atomic E-state index is 9.37. The number of nitrogens with zero attached hydrogens (tertiary/aromatic N) is 1. The van der Waals surface area contributed by atoms with Gasteiger partial charge in [-0.05, 0) is 37.8 Å². The Kier molecular flexibility index (Phi) is 3.44. The maximum Gasteiger partial charge on any atom is 0.129 e. The molecule has 0 spiro atoms. The molecule has 4 heteroatoms. The normalized spacial score (nSPS) is 26.3. The lowest BCUT2D eigenvalue weighted by atomic mass is 9.93. The van der Waals surface area contributed by atoms with Gasteiger partial charge < -0.3 is 10.4 Å². The quantitative estimate of drug-likeness (QED) is 0.762. The molecule has 0 amide bonds. The molecule has 1 aliphatic rings. The van der Waals surface area contributed by atoms with Gasteiger partial charge in [0, 0.05) is 6.04 Å². The molecule has 0 bridgehead atoms. The van der Waals surface area contributed by atoms with Crippen LogP contribution in [-0.4, -0.2) is 22.2 Å². The summed E-state index contributed by atoms with van der Waals surface area (Å²) in [5.41, 5.74) is 1.00. The van der Waals surface area contributed by atoms with Crippen LogP contribution in [0, 0.1) is 0 Å². The predicted molar refractivity (Wildman–Crippen MR) is 61.1 cm³/mol. The fraction of sp³-hybridized carbons (Fsp3) is 0.545. The molecule has 2 rings (SSSR count). The molecule has 15 heavy (non-hydrogen) atoms. The van der Waals surface area contributed by atoms with E-state index in [-0.39, 0.29) is 6.10 Å². The van der Waals surface area contributed by atoms with E-state index >= 15 is 0 Å². The van der Waals surface area contributed by atoms with E-state index in [0.717, 1.165) is 31.4 Å². The van der Waals surface area contributed by atoms with Crippen LogP contribution in [0.2, 0.25) is 5.15 Å². The van der Waals surface area contributed by atoms with Gasteiger partial charge in [0.15, 0.2) is 0 Å². The first kappa shape index (κ1) is 10.7. The first-order valence-corrected chi connectivity index (χ1v) is 5.68. The van der Waals surface area contributed by atoms with Crippen LogP contribution in [-0.2, 0) is 0 Å². The highest BCUT2D eigenvalue weighted by Gasteiger charge is 2.18. The van der Waals surface area contributed by atoms with Crippen LogP contribution in [0.1, 0.15) is 25.7 Å². The minimum atomic E-state index is -0.105. The lowest BCUT2D eigenvalue weighted by Crippen LogP contribution is -2.28. The van der Waals surface area contributed by atoms with Crippen molar-refractivity contribution in [2.75, 3.05) is 5.32 Å². The lowest BCUT2D eigenvalue weighted by molar-refractivity contribution is 0.126. The molecule has 0 radical (unpaired) electrons. The molecule has 1 aliphatic carbocycles. The Bertz CT molecular complexity index is 307. The Labute approximate surface area is 94.5 Å². The first-order valence-electron chi connectivity index (χ1n) is 5.30. The first-order chi connectivity index (χ1) is 7.24. The average molecular weight is 227 g/mol. The van der Waals surface area contributed by atoms with Crippen LogP contribution in [0.5, 0.6) is 0 Å². The average Bonchev–Trinajstić information content (AvgIpc) is 2.25. The largest absolute Gasteiger partial charge is 0.393 e. The number of halogens is 1. The molecule has 1 heterocycles. The van der Waals surface area contributed by atoms with E-state index in [4.69, 9.17) is 11.6 Å². The number of hydrogen-bond donors (Lipinski definition) is 2. The molecule has 82 valence electrons. The molecule has 1 saturated carbocycles. The lowest BCUT2D eigenvalue weighted by Gasteiger charge is -2.26. The fourth-order valence-corrected chi connectivity index (χ4v) is 2.03. The smallest absolute Gasteiger partial charge is 0.129 e. The van der Waals surface area contributed by atoms with E-state index in [0.29, 0.717) is 11.2 Å². The van der Waals surface area contributed by atoms with Gasteiger partial charge in [0.05, 0.1) is 18.0 Å². The van der Waals surface area contributed by atoms with Crippen LogP contribution in [0.25, 0.3) is 0 Å². The molecule has 0 aromatic carbocycles. The Morgan fingerprint density at radius 2 is 2.00 bits per heavy atom. The van der Waals surface area contributed by atoms with E-state index in [1.54, 1.807) is 12.3 Å². The van der Waals surface area contributed by atoms with Gasteiger partial charge in [0.1, 0.15) is 5.15 Å². The molecule has 1 aromatic heterocycles. The third-order valence-electron chi connectivity index (χ3n) is 2.79. The second kappa shape index (κ2) is 4.81. The van der Waals surface area contributed by atoms with Gasteiger partial charge in [-0.25, -0.2) is 4.98 Å². The standard InChI is InChI=1S/C11H15ClN2O/c12-11-6-3-9(7-13-11)14-8-1-4-10(15)5-2-8/h3,6-8,10,14-15H,1-2,4-5H2. The number of rotatable bonds is 2. The summed E-state index contributed by atoms with van der Waals surface area (Å²) < 4.78 is 0. The topological polar surface area (TPSA) is 45.1 Å². The molecule has 1 aromatic rings. The van der Waals surface area contributed by atoms with E-state index < -0.39 is 0 Å². The molecule has 0 atom stereocenters. The zero-order valence-electron chi connectivity index (χ0n) is 8.49. The number of anilines is 1. The fourth-order valence-electron chi connectivity index (χ4n) is 1.92. The van der Waals surface area contributed by atoms with Crippen molar-refractivity contribution in [3.05, 3.63) is 23.5 Å². The summed E-state index contributed by atoms with van der Waals surface area (Å²) in [6.07, 6.45) is 5.45. The summed E-state index contributed by atoms with van der Waals surface area (Å²) in [5.74, 6) is 0. The molecule has 0 aliphatic heterocycles. The highest BCUT2D eigenvalue weighted by Crippen LogP contribution is 2.22. The molecular weight excluding hydrogens is 212 g/mol. The van der Waals surface area contributed by atoms with Crippen molar-refractivity contribution in [1.82, 2.24) is 4.98 Å². The highest BCUT2D eigenvalue weighted by atomic mass is 35.5. The van der Waals surface area contributed by atoms with Crippen LogP contribution >= 0.6 is 11.6 Å². The number of aliphatic hydroxyl groups excluding tert-OH is 1. The Morgan fingerprint density at radius 3 is 2.60 bits per heavy atom. The van der Waals surface area contributed by atoms with Crippen molar-refractivity contribution in [2.45, 2.75) is 37.8 Å². The van der Waals surface area contributed by atoms with Crippen LogP contribution in [0.15, 0.2) is 18.3 Å². The van der Waals surface area contributed by atoms with Crippen molar-refractivity contribution < 1.29 is 5.11 Å². The van der Waals surface area contributed by atoms with Crippen LogP contribution < -0.4 is 5.32 Å². The zero-order chi connectivity index (χ0) is 10.7. The van der Waals surface area contributed by atoms with E-state index in [9.17, 15) is 5.11 Å². The maximum atomic E-state index is 9.37. The van der Waals surface area contributed by atoms with E-state index in [1.165, 1.54) is 0 Å². The minimum absolute atomic E-state index is 0.105. The van der Waals surface area contributed by atoms with Gasteiger partial charge in [0.2, 0.25) is 0 Å². The summed E-state index contributed by atoms with van der Waals surface area (Å²) in [6.45, 7) is 0. The number of nitrogens with one attached hydrogen (secondary N) is 1. The molecule has 0 saturated heterocycles. The monoisotopic (exact) mass is 226 g/mol. The van der Waals surface area contributed by atoms with Crippen molar-refractivity contribution in [1.29, 1.82) is 0 Å². The summed E-state index contributed by atoms with van der Waals surface area (Å²) in [4.78, 5) is 4.01. The summed E-state index contributed by atoms with van der Waals surface area (Å²) in [7, 11) is 0. The summed E-state index contributed by atoms with van der Waals surface area (Å²) in [6, 6.07) is 4.17. The molecule has 3 nitrogen and oxygen atoms in total. The van der Waals surface area contributed by atoms with E-state index in [2.05, 4.69) is 10.3 Å². The predicted octanol–water partition coefficient (Wildman–Crippen LogP) is 2.45. The van der Waals surface area contributed by atoms with Crippen LogP contribution in [0.3, 0.4) is 0 Å². The molecule has 2 N–H and O–H groups in total. The highest BCUT2D eigenvalue weighted by molar-refractivity contribution is 6.29. The molecule has 1 fully saturated rings. The van der Waals surface area contributed by atoms with Crippen molar-refractivity contribution >= 4 is 17.3 Å². The van der Waals surface area contributed by atoms with Gasteiger partial charge in [0.25, 0.3) is 0 Å². The Balaban J connectivity index is 1.89. The van der Waals surface area contributed by atoms with Crippen molar-refractivity contribution in [3.63, 3.8) is 0 Å². The third kappa shape index (κ3) is 3.08. The second-order valence-electron chi connectivity index (χ2n) is 4.02. The van der Waals surface area contributed by atoms with Crippen molar-refractivity contribution in [3.8, 4) is 0 Å². The van der Waals surface area contributed by atoms with Crippen molar-refractivity contribution in [2.24, 2.45) is 0 Å². The molecule has 0 unspecified atom stereocenters. The number of hydrogen-bond acceptors (Lipinski definition) is 3. The minimum Gasteiger partial charge on any atom is -0.393 e. The van der Waals surface area contributed by atoms with Gasteiger partial charge in [-0.2, -0.15) is 0 Å². The molecular formula is C11H15ClN2O. The van der Waals surface area contributed by atoms with Gasteiger partial charge in [-0.1, -0.05) is 11.6 Å². The number of aromatic nitrogens is 1. The van der Waals surface area contributed by atoms with Gasteiger partial charge in [-0.3, -0.25) is 0 Å². The third-order valence-corrected chi connectivity index (χ3v) is 3.02. The van der Waals surface area contributed by atoms with Gasteiger partial charge in [-0.15, -0.1) is 0 Å². The summed E-state index contributed by atoms with van der Waals surface area (Å²) in [5, 5.41) is 13.3. The van der Waals surface area contributed by atoms with Crippen LogP contribution in [0.4, 0.5) is 5.69 Å².